The Bertz CT molecular complexity index is 770. The lowest BCUT2D eigenvalue weighted by Gasteiger charge is -2.18. The van der Waals surface area contributed by atoms with Crippen molar-refractivity contribution in [2.75, 3.05) is 18.0 Å². The van der Waals surface area contributed by atoms with Crippen LogP contribution in [0.1, 0.15) is 55.7 Å². The number of anilines is 1. The molecule has 1 aliphatic carbocycles. The van der Waals surface area contributed by atoms with Gasteiger partial charge in [-0.05, 0) is 36.8 Å². The molecule has 3 heterocycles. The summed E-state index contributed by atoms with van der Waals surface area (Å²) in [5.74, 6) is 4.67. The fraction of sp³-hybridized carbons (Fsp3) is 0.556. The van der Waals surface area contributed by atoms with E-state index in [2.05, 4.69) is 40.0 Å². The summed E-state index contributed by atoms with van der Waals surface area (Å²) in [5, 5.41) is 16.9. The minimum atomic E-state index is 0.327. The second kappa shape index (κ2) is 5.90. The summed E-state index contributed by atoms with van der Waals surface area (Å²) >= 11 is 0. The predicted molar refractivity (Wildman–Crippen MR) is 90.6 cm³/mol. The number of nitrogens with zero attached hydrogens (tertiary/aromatic N) is 5. The van der Waals surface area contributed by atoms with E-state index in [-0.39, 0.29) is 0 Å². The van der Waals surface area contributed by atoms with E-state index < -0.39 is 0 Å². The van der Waals surface area contributed by atoms with Crippen LogP contribution < -0.4 is 4.90 Å². The van der Waals surface area contributed by atoms with Gasteiger partial charge in [0.05, 0.1) is 5.56 Å². The lowest BCUT2D eigenvalue weighted by molar-refractivity contribution is 0.444. The van der Waals surface area contributed by atoms with E-state index in [0.29, 0.717) is 23.3 Å². The summed E-state index contributed by atoms with van der Waals surface area (Å²) in [4.78, 5) is 11.5. The van der Waals surface area contributed by atoms with E-state index >= 15 is 0 Å². The molecular weight excluding hydrogens is 300 g/mol. The molecule has 0 unspecified atom stereocenters. The van der Waals surface area contributed by atoms with Gasteiger partial charge in [-0.3, -0.25) is 5.10 Å². The first-order valence-electron chi connectivity index (χ1n) is 8.69. The van der Waals surface area contributed by atoms with E-state index in [9.17, 15) is 5.26 Å². The predicted octanol–water partition coefficient (Wildman–Crippen LogP) is 2.82. The number of pyridine rings is 1. The zero-order valence-corrected chi connectivity index (χ0v) is 14.1. The Balaban J connectivity index is 1.63. The second-order valence-electron chi connectivity index (χ2n) is 7.23. The van der Waals surface area contributed by atoms with Gasteiger partial charge < -0.3 is 4.90 Å². The fourth-order valence-corrected chi connectivity index (χ4v) is 3.74. The molecular formula is C18H22N6. The van der Waals surface area contributed by atoms with Gasteiger partial charge in [0, 0.05) is 31.1 Å². The number of aromatic nitrogens is 4. The molecule has 0 bridgehead atoms. The van der Waals surface area contributed by atoms with Crippen molar-refractivity contribution in [1.82, 2.24) is 20.2 Å². The second-order valence-corrected chi connectivity index (χ2v) is 7.23. The van der Waals surface area contributed by atoms with Crippen molar-refractivity contribution in [2.24, 2.45) is 11.8 Å². The largest absolute Gasteiger partial charge is 0.354 e. The molecule has 6 heteroatoms. The molecule has 1 N–H and O–H groups in total. The molecule has 2 fully saturated rings. The van der Waals surface area contributed by atoms with Gasteiger partial charge in [-0.15, -0.1) is 0 Å². The van der Waals surface area contributed by atoms with Gasteiger partial charge in [-0.25, -0.2) is 9.97 Å². The summed E-state index contributed by atoms with van der Waals surface area (Å²) in [7, 11) is 0. The highest BCUT2D eigenvalue weighted by atomic mass is 15.3. The monoisotopic (exact) mass is 322 g/mol. The maximum Gasteiger partial charge on any atom is 0.153 e. The van der Waals surface area contributed by atoms with Gasteiger partial charge in [0.15, 0.2) is 5.82 Å². The van der Waals surface area contributed by atoms with Crippen LogP contribution in [0, 0.1) is 23.2 Å². The van der Waals surface area contributed by atoms with Gasteiger partial charge >= 0.3 is 0 Å². The average molecular weight is 322 g/mol. The molecule has 1 saturated carbocycles. The van der Waals surface area contributed by atoms with Gasteiger partial charge in [0.25, 0.3) is 0 Å². The first-order valence-corrected chi connectivity index (χ1v) is 8.69. The zero-order chi connectivity index (χ0) is 16.7. The lowest BCUT2D eigenvalue weighted by atomic mass is 9.91. The maximum absolute atomic E-state index is 9.37. The van der Waals surface area contributed by atoms with Crippen molar-refractivity contribution in [3.8, 4) is 6.07 Å². The topological polar surface area (TPSA) is 81.5 Å². The highest BCUT2D eigenvalue weighted by Crippen LogP contribution is 2.47. The number of hydrogen-bond donors (Lipinski definition) is 1. The van der Waals surface area contributed by atoms with E-state index in [1.807, 2.05) is 12.1 Å². The Morgan fingerprint density at radius 2 is 2.17 bits per heavy atom. The average Bonchev–Trinajstić information content (AvgIpc) is 3.15. The summed E-state index contributed by atoms with van der Waals surface area (Å²) in [6, 6.07) is 5.93. The summed E-state index contributed by atoms with van der Waals surface area (Å²) in [5.41, 5.74) is 0.646. The summed E-state index contributed by atoms with van der Waals surface area (Å²) < 4.78 is 0. The quantitative estimate of drug-likeness (QED) is 0.936. The molecule has 2 aromatic heterocycles. The molecule has 24 heavy (non-hydrogen) atoms. The number of nitriles is 1. The first-order chi connectivity index (χ1) is 11.7. The molecule has 1 aliphatic heterocycles. The van der Waals surface area contributed by atoms with E-state index in [1.54, 1.807) is 6.20 Å². The third kappa shape index (κ3) is 2.64. The SMILES string of the molecule is CC(C)c1n[nH]c([C@H]2CN(c3ncccc3C#N)C[C@@H]2C2CC2)n1. The molecule has 0 radical (unpaired) electrons. The highest BCUT2D eigenvalue weighted by molar-refractivity contribution is 5.54. The van der Waals surface area contributed by atoms with Crippen molar-refractivity contribution in [1.29, 1.82) is 5.26 Å². The van der Waals surface area contributed by atoms with Crippen LogP contribution in [0.25, 0.3) is 0 Å². The molecule has 2 aliphatic rings. The van der Waals surface area contributed by atoms with Crippen molar-refractivity contribution >= 4 is 5.82 Å². The molecule has 0 spiro atoms. The first kappa shape index (κ1) is 15.1. The number of hydrogen-bond acceptors (Lipinski definition) is 5. The Hall–Kier alpha value is -2.42. The van der Waals surface area contributed by atoms with Crippen molar-refractivity contribution in [2.45, 2.75) is 38.5 Å². The third-order valence-electron chi connectivity index (χ3n) is 5.19. The molecule has 0 amide bonds. The number of aromatic amines is 1. The maximum atomic E-state index is 9.37. The Labute approximate surface area is 141 Å². The van der Waals surface area contributed by atoms with Crippen molar-refractivity contribution in [3.05, 3.63) is 35.5 Å². The Kier molecular flexibility index (Phi) is 3.72. The van der Waals surface area contributed by atoms with Gasteiger partial charge in [0.1, 0.15) is 17.7 Å². The molecule has 6 nitrogen and oxygen atoms in total. The van der Waals surface area contributed by atoms with Crippen LogP contribution in [0.15, 0.2) is 18.3 Å². The highest BCUT2D eigenvalue weighted by Gasteiger charge is 2.45. The molecule has 0 aromatic carbocycles. The van der Waals surface area contributed by atoms with Crippen LogP contribution in [0.4, 0.5) is 5.82 Å². The van der Waals surface area contributed by atoms with Gasteiger partial charge in [-0.2, -0.15) is 10.4 Å². The van der Waals surface area contributed by atoms with E-state index in [1.165, 1.54) is 12.8 Å². The summed E-state index contributed by atoms with van der Waals surface area (Å²) in [6.07, 6.45) is 4.36. The zero-order valence-electron chi connectivity index (χ0n) is 14.1. The fourth-order valence-electron chi connectivity index (χ4n) is 3.74. The van der Waals surface area contributed by atoms with E-state index in [0.717, 1.165) is 36.5 Å². The van der Waals surface area contributed by atoms with Crippen LogP contribution in [0.3, 0.4) is 0 Å². The molecule has 1 saturated heterocycles. The van der Waals surface area contributed by atoms with Crippen LogP contribution in [0.2, 0.25) is 0 Å². The number of rotatable bonds is 4. The third-order valence-corrected chi connectivity index (χ3v) is 5.19. The summed E-state index contributed by atoms with van der Waals surface area (Å²) in [6.45, 7) is 6.01. The lowest BCUT2D eigenvalue weighted by Crippen LogP contribution is -2.22. The van der Waals surface area contributed by atoms with Crippen LogP contribution in [-0.2, 0) is 0 Å². The van der Waals surface area contributed by atoms with E-state index in [4.69, 9.17) is 4.98 Å². The van der Waals surface area contributed by atoms with Crippen molar-refractivity contribution in [3.63, 3.8) is 0 Å². The molecule has 2 atom stereocenters. The van der Waals surface area contributed by atoms with Crippen LogP contribution in [0.5, 0.6) is 0 Å². The standard InChI is InChI=1S/C18H22N6/c1-11(2)16-21-17(23-22-16)15-10-24(9-14(15)12-5-6-12)18-13(8-19)4-3-7-20-18/h3-4,7,11-12,14-15H,5-6,9-10H2,1-2H3,(H,21,22,23)/t14-,15+/m1/s1. The van der Waals surface area contributed by atoms with Crippen LogP contribution in [-0.4, -0.2) is 33.3 Å². The molecule has 2 aromatic rings. The minimum absolute atomic E-state index is 0.327. The van der Waals surface area contributed by atoms with Crippen molar-refractivity contribution < 1.29 is 0 Å². The number of H-pyrrole nitrogens is 1. The Morgan fingerprint density at radius 3 is 2.83 bits per heavy atom. The Morgan fingerprint density at radius 1 is 1.33 bits per heavy atom. The minimum Gasteiger partial charge on any atom is -0.354 e. The smallest absolute Gasteiger partial charge is 0.153 e. The number of nitrogens with one attached hydrogen (secondary N) is 1. The van der Waals surface area contributed by atoms with Gasteiger partial charge in [0.2, 0.25) is 0 Å². The molecule has 4 rings (SSSR count). The normalized spacial score (nSPS) is 23.7. The molecule has 124 valence electrons. The van der Waals surface area contributed by atoms with Gasteiger partial charge in [-0.1, -0.05) is 13.8 Å². The van der Waals surface area contributed by atoms with Crippen LogP contribution >= 0.6 is 0 Å².